The summed E-state index contributed by atoms with van der Waals surface area (Å²) in [6.07, 6.45) is -2.07. The Hall–Kier alpha value is -4.26. The van der Waals surface area contributed by atoms with E-state index < -0.39 is 78.6 Å². The van der Waals surface area contributed by atoms with Gasteiger partial charge >= 0.3 is 23.5 Å². The van der Waals surface area contributed by atoms with Crippen LogP contribution >= 0.6 is 35.2 Å². The zero-order chi connectivity index (χ0) is 48.7. The van der Waals surface area contributed by atoms with E-state index in [9.17, 15) is 53.1 Å². The summed E-state index contributed by atoms with van der Waals surface area (Å²) in [5.41, 5.74) is 6.66. The van der Waals surface area contributed by atoms with Crippen LogP contribution in [0.4, 0.5) is 5.82 Å². The zero-order valence-electron chi connectivity index (χ0n) is 36.2. The van der Waals surface area contributed by atoms with E-state index in [2.05, 4.69) is 70.8 Å². The van der Waals surface area contributed by atoms with Crippen LogP contribution in [0, 0.1) is 5.41 Å². The highest BCUT2D eigenvalue weighted by Crippen LogP contribution is 2.61. The Bertz CT molecular complexity index is 2670. The number of amides is 2. The molecule has 2 unspecified atom stereocenters. The van der Waals surface area contributed by atoms with Crippen LogP contribution in [0.2, 0.25) is 0 Å². The molecule has 10 N–H and O–H groups in total. The maximum absolute atomic E-state index is 12.9. The number of rotatable bonds is 23. The van der Waals surface area contributed by atoms with Gasteiger partial charge in [-0.3, -0.25) is 27.7 Å². The van der Waals surface area contributed by atoms with Crippen LogP contribution in [0.3, 0.4) is 0 Å². The standard InChI is InChI=1S/C39H51N8O16P3S/c1-39(2,21-60-66(57,58)63-65(55,56)59-20-28-33(62-64(52,53)54)32(49)38(61-28)47-23-45-31-35(40)43-22-44-36(31)47)34(50)37(51)42-14-11-30(48)41-15-18-67-29(19-24-12-16-46(3)17-13-24)27-10-6-8-25-7-4-5-9-26(25)27/h4-10,12-13,16-17,22-23,28-29,32-34,38,49-50H,11,14-15,18-21H2,1-3H3,(H7-,40,41,42,43,44,48,51,52,53,54,55,56,57,58)/p+1/t28-,29-,32-,33-,34+,38-/m1/s1. The number of nitrogens with zero attached hydrogens (tertiary/aromatic N) is 5. The van der Waals surface area contributed by atoms with Gasteiger partial charge in [0.2, 0.25) is 11.8 Å². The average molecular weight is 1010 g/mol. The molecule has 1 saturated heterocycles. The molecule has 1 aliphatic rings. The van der Waals surface area contributed by atoms with Crippen molar-refractivity contribution in [2.45, 2.75) is 62.6 Å². The minimum absolute atomic E-state index is 0.0353. The third kappa shape index (κ3) is 14.2. The molecule has 0 radical (unpaired) electrons. The number of anilines is 1. The van der Waals surface area contributed by atoms with E-state index in [1.165, 1.54) is 25.0 Å². The summed E-state index contributed by atoms with van der Waals surface area (Å²) < 4.78 is 64.7. The maximum atomic E-state index is 12.9. The first-order chi connectivity index (χ1) is 31.5. The van der Waals surface area contributed by atoms with Gasteiger partial charge in [0.1, 0.15) is 43.3 Å². The van der Waals surface area contributed by atoms with Gasteiger partial charge in [-0.05, 0) is 28.3 Å². The largest absolute Gasteiger partial charge is 0.481 e. The van der Waals surface area contributed by atoms with Gasteiger partial charge in [0.25, 0.3) is 0 Å². The number of ether oxygens (including phenoxy) is 1. The minimum Gasteiger partial charge on any atom is -0.386 e. The number of fused-ring (bicyclic) bond motifs is 2. The quantitative estimate of drug-likeness (QED) is 0.0257. The first-order valence-electron chi connectivity index (χ1n) is 20.4. The van der Waals surface area contributed by atoms with Gasteiger partial charge in [-0.25, -0.2) is 33.2 Å². The Morgan fingerprint density at radius 2 is 1.67 bits per heavy atom. The van der Waals surface area contributed by atoms with E-state index in [1.54, 1.807) is 11.8 Å². The average Bonchev–Trinajstić information content (AvgIpc) is 3.83. The topological polar surface area (TPSA) is 350 Å². The van der Waals surface area contributed by atoms with Crippen molar-refractivity contribution < 1.29 is 80.3 Å². The fraction of sp³-hybridized carbons (Fsp3) is 0.436. The van der Waals surface area contributed by atoms with Crippen molar-refractivity contribution in [1.82, 2.24) is 30.2 Å². The number of nitrogens with two attached hydrogens (primary N) is 1. The number of aliphatic hydroxyl groups is 2. The number of thioether (sulfide) groups is 1. The highest BCUT2D eigenvalue weighted by molar-refractivity contribution is 7.99. The van der Waals surface area contributed by atoms with Crippen molar-refractivity contribution in [3.05, 3.63) is 90.8 Å². The van der Waals surface area contributed by atoms with Gasteiger partial charge in [-0.1, -0.05) is 56.3 Å². The fourth-order valence-corrected chi connectivity index (χ4v) is 11.0. The van der Waals surface area contributed by atoms with Gasteiger partial charge in [0.05, 0.1) is 19.5 Å². The number of phosphoric ester groups is 3. The van der Waals surface area contributed by atoms with Crippen molar-refractivity contribution in [1.29, 1.82) is 0 Å². The monoisotopic (exact) mass is 1010 g/mol. The van der Waals surface area contributed by atoms with Gasteiger partial charge in [0.15, 0.2) is 30.1 Å². The second-order valence-electron chi connectivity index (χ2n) is 16.1. The number of aliphatic hydroxyl groups excluding tert-OH is 2. The first-order valence-corrected chi connectivity index (χ1v) is 26.0. The second-order valence-corrected chi connectivity index (χ2v) is 21.6. The van der Waals surface area contributed by atoms with Crippen molar-refractivity contribution >= 4 is 74.8 Å². The summed E-state index contributed by atoms with van der Waals surface area (Å²) in [4.78, 5) is 76.9. The van der Waals surface area contributed by atoms with Crippen molar-refractivity contribution in [3.63, 3.8) is 0 Å². The van der Waals surface area contributed by atoms with Crippen LogP contribution in [-0.4, -0.2) is 118 Å². The number of aromatic nitrogens is 5. The van der Waals surface area contributed by atoms with E-state index in [4.69, 9.17) is 19.5 Å². The molecule has 1 fully saturated rings. The highest BCUT2D eigenvalue weighted by Gasteiger charge is 2.50. The summed E-state index contributed by atoms with van der Waals surface area (Å²) in [6.45, 7) is 0.754. The number of phosphoric acid groups is 3. The molecule has 3 aromatic heterocycles. The number of nitrogens with one attached hydrogen (secondary N) is 2. The number of hydrogen-bond acceptors (Lipinski definition) is 17. The lowest BCUT2D eigenvalue weighted by Crippen LogP contribution is -2.46. The van der Waals surface area contributed by atoms with Gasteiger partial charge < -0.3 is 50.9 Å². The molecular weight excluding hydrogens is 961 g/mol. The summed E-state index contributed by atoms with van der Waals surface area (Å²) in [7, 11) is -14.5. The Kier molecular flexibility index (Phi) is 17.1. The normalized spacial score (nSPS) is 20.6. The molecule has 5 aromatic rings. The number of aryl methyl sites for hydroxylation is 1. The molecule has 8 atom stereocenters. The van der Waals surface area contributed by atoms with E-state index in [0.717, 1.165) is 34.4 Å². The van der Waals surface area contributed by atoms with Gasteiger partial charge in [-0.15, -0.1) is 0 Å². The Balaban J connectivity index is 0.942. The number of hydrogen-bond donors (Lipinski definition) is 9. The van der Waals surface area contributed by atoms with E-state index in [0.29, 0.717) is 12.3 Å². The Morgan fingerprint density at radius 1 is 0.970 bits per heavy atom. The summed E-state index contributed by atoms with van der Waals surface area (Å²) in [5, 5.41) is 29.4. The molecule has 4 heterocycles. The molecule has 0 saturated carbocycles. The summed E-state index contributed by atoms with van der Waals surface area (Å²) in [6, 6.07) is 18.6. The molecule has 6 rings (SSSR count). The van der Waals surface area contributed by atoms with Gasteiger partial charge in [0, 0.05) is 48.1 Å². The van der Waals surface area contributed by atoms with Crippen molar-refractivity contribution in [3.8, 4) is 0 Å². The molecule has 2 amide bonds. The predicted octanol–water partition coefficient (Wildman–Crippen LogP) is 2.10. The Morgan fingerprint density at radius 3 is 2.40 bits per heavy atom. The third-order valence-corrected chi connectivity index (χ3v) is 14.8. The molecule has 0 bridgehead atoms. The lowest BCUT2D eigenvalue weighted by molar-refractivity contribution is -0.671. The Labute approximate surface area is 387 Å². The van der Waals surface area contributed by atoms with E-state index in [1.807, 2.05) is 42.2 Å². The van der Waals surface area contributed by atoms with E-state index in [-0.39, 0.29) is 41.1 Å². The number of pyridine rings is 1. The number of benzene rings is 2. The second kappa shape index (κ2) is 22.0. The molecule has 28 heteroatoms. The van der Waals surface area contributed by atoms with Crippen molar-refractivity contribution in [2.24, 2.45) is 12.5 Å². The molecule has 24 nitrogen and oxygen atoms in total. The number of carbonyl (C=O) groups is 2. The predicted molar refractivity (Wildman–Crippen MR) is 240 cm³/mol. The van der Waals surface area contributed by atoms with Crippen LogP contribution in [0.25, 0.3) is 21.9 Å². The number of imidazole rings is 1. The van der Waals surface area contributed by atoms with Crippen LogP contribution in [0.5, 0.6) is 0 Å². The highest BCUT2D eigenvalue weighted by atomic mass is 32.2. The number of carbonyl (C=O) groups excluding carboxylic acids is 2. The molecular formula is C39H52N8O16P3S+. The fourth-order valence-electron chi connectivity index (χ4n) is 7.00. The van der Waals surface area contributed by atoms with Crippen LogP contribution < -0.4 is 20.9 Å². The molecule has 0 aliphatic carbocycles. The lowest BCUT2D eigenvalue weighted by atomic mass is 9.87. The van der Waals surface area contributed by atoms with E-state index >= 15 is 0 Å². The maximum Gasteiger partial charge on any atom is 0.481 e. The van der Waals surface area contributed by atoms with Crippen LogP contribution in [0.15, 0.2) is 79.6 Å². The SMILES string of the molecule is C[n+]1ccc(C[C@@H](SCCNC(=O)CCNC(=O)[C@H](O)C(C)(C)COP(=O)(O)OP(=O)(O)OC[C@H]2O[C@@H](n3cnc4c(N)ncnc43)[C@H](O)[C@@H]2OP(=O)(O)O)c2cccc3ccccc23)cc1. The van der Waals surface area contributed by atoms with Crippen LogP contribution in [-0.2, 0) is 59.4 Å². The van der Waals surface area contributed by atoms with Crippen LogP contribution in [0.1, 0.15) is 42.9 Å². The lowest BCUT2D eigenvalue weighted by Gasteiger charge is -2.30. The summed E-state index contributed by atoms with van der Waals surface area (Å²) in [5.74, 6) is -0.735. The molecule has 1 aliphatic heterocycles. The number of nitrogen functional groups attached to an aromatic ring is 1. The molecule has 67 heavy (non-hydrogen) atoms. The molecule has 364 valence electrons. The molecule has 2 aromatic carbocycles. The third-order valence-electron chi connectivity index (χ3n) is 10.5. The zero-order valence-corrected chi connectivity index (χ0v) is 39.7. The van der Waals surface area contributed by atoms with Crippen molar-refractivity contribution in [2.75, 3.05) is 37.8 Å². The smallest absolute Gasteiger partial charge is 0.386 e. The minimum atomic E-state index is -5.58. The molecule has 0 spiro atoms. The van der Waals surface area contributed by atoms with Gasteiger partial charge in [-0.2, -0.15) is 16.1 Å². The summed E-state index contributed by atoms with van der Waals surface area (Å²) >= 11 is 1.71. The first kappa shape index (κ1) is 52.1.